The van der Waals surface area contributed by atoms with E-state index in [0.29, 0.717) is 5.56 Å². The van der Waals surface area contributed by atoms with Crippen LogP contribution in [0.15, 0.2) is 30.3 Å². The van der Waals surface area contributed by atoms with Crippen molar-refractivity contribution in [2.24, 2.45) is 0 Å². The molecule has 0 fully saturated rings. The molecular formula is C8H5NO2. The van der Waals surface area contributed by atoms with E-state index < -0.39 is 0 Å². The SMILES string of the molecule is N#Cc1ccccc1.O=C=O. The van der Waals surface area contributed by atoms with Gasteiger partial charge in [-0.25, -0.2) is 0 Å². The minimum Gasteiger partial charge on any atom is -0.192 e. The molecule has 0 bridgehead atoms. The van der Waals surface area contributed by atoms with Gasteiger partial charge in [0.15, 0.2) is 0 Å². The van der Waals surface area contributed by atoms with Gasteiger partial charge in [0.05, 0.1) is 11.6 Å². The van der Waals surface area contributed by atoms with E-state index in [1.165, 1.54) is 0 Å². The van der Waals surface area contributed by atoms with Crippen LogP contribution in [0, 0.1) is 11.3 Å². The van der Waals surface area contributed by atoms with Gasteiger partial charge in [-0.3, -0.25) is 0 Å². The predicted molar refractivity (Wildman–Crippen MR) is 36.2 cm³/mol. The first-order valence-corrected chi connectivity index (χ1v) is 2.79. The summed E-state index contributed by atoms with van der Waals surface area (Å²) in [4.78, 5) is 16.2. The van der Waals surface area contributed by atoms with Crippen LogP contribution in [0.25, 0.3) is 0 Å². The molecule has 0 aliphatic heterocycles. The number of nitriles is 1. The normalized spacial score (nSPS) is 6.45. The zero-order valence-electron chi connectivity index (χ0n) is 5.65. The summed E-state index contributed by atoms with van der Waals surface area (Å²) in [6.07, 6.45) is 0.250. The van der Waals surface area contributed by atoms with Crippen molar-refractivity contribution in [2.45, 2.75) is 0 Å². The van der Waals surface area contributed by atoms with E-state index >= 15 is 0 Å². The maximum Gasteiger partial charge on any atom is 0.373 e. The molecule has 0 aliphatic carbocycles. The quantitative estimate of drug-likeness (QED) is 0.549. The van der Waals surface area contributed by atoms with Gasteiger partial charge in [0.1, 0.15) is 0 Å². The summed E-state index contributed by atoms with van der Waals surface area (Å²) >= 11 is 0. The van der Waals surface area contributed by atoms with Crippen molar-refractivity contribution in [1.29, 1.82) is 5.26 Å². The number of benzene rings is 1. The highest BCUT2D eigenvalue weighted by molar-refractivity contribution is 5.27. The van der Waals surface area contributed by atoms with Crippen molar-refractivity contribution < 1.29 is 9.59 Å². The Hall–Kier alpha value is -1.91. The number of hydrogen-bond acceptors (Lipinski definition) is 3. The summed E-state index contributed by atoms with van der Waals surface area (Å²) in [7, 11) is 0. The molecule has 11 heavy (non-hydrogen) atoms. The Labute approximate surface area is 63.9 Å². The lowest BCUT2D eigenvalue weighted by atomic mass is 10.2. The molecule has 1 aromatic rings. The molecule has 1 rings (SSSR count). The highest BCUT2D eigenvalue weighted by Crippen LogP contribution is 1.92. The standard InChI is InChI=1S/C7H5N.CO2/c8-6-7-4-2-1-3-5-7;2-1-3/h1-5H;. The second kappa shape index (κ2) is 6.21. The van der Waals surface area contributed by atoms with E-state index in [2.05, 4.69) is 0 Å². The van der Waals surface area contributed by atoms with E-state index in [1.54, 1.807) is 12.1 Å². The van der Waals surface area contributed by atoms with Gasteiger partial charge in [0.25, 0.3) is 0 Å². The van der Waals surface area contributed by atoms with Crippen molar-refractivity contribution >= 4 is 6.15 Å². The van der Waals surface area contributed by atoms with Crippen LogP contribution in [-0.2, 0) is 9.59 Å². The van der Waals surface area contributed by atoms with Crippen LogP contribution in [-0.4, -0.2) is 6.15 Å². The smallest absolute Gasteiger partial charge is 0.192 e. The third-order valence-electron chi connectivity index (χ3n) is 0.903. The molecule has 0 saturated carbocycles. The molecule has 0 saturated heterocycles. The Morgan fingerprint density at radius 3 is 1.82 bits per heavy atom. The molecular weight excluding hydrogens is 142 g/mol. The number of rotatable bonds is 0. The third-order valence-corrected chi connectivity index (χ3v) is 0.903. The van der Waals surface area contributed by atoms with Crippen LogP contribution in [0.2, 0.25) is 0 Å². The predicted octanol–water partition coefficient (Wildman–Crippen LogP) is 0.975. The molecule has 3 heteroatoms. The highest BCUT2D eigenvalue weighted by Gasteiger charge is 1.79. The lowest BCUT2D eigenvalue weighted by Crippen LogP contribution is -1.66. The van der Waals surface area contributed by atoms with Crippen molar-refractivity contribution in [3.05, 3.63) is 35.9 Å². The zero-order chi connectivity index (χ0) is 8.53. The maximum absolute atomic E-state index is 8.29. The van der Waals surface area contributed by atoms with Crippen LogP contribution in [0.5, 0.6) is 0 Å². The number of nitrogens with zero attached hydrogens (tertiary/aromatic N) is 1. The molecule has 0 radical (unpaired) electrons. The van der Waals surface area contributed by atoms with Gasteiger partial charge in [0, 0.05) is 0 Å². The van der Waals surface area contributed by atoms with Crippen LogP contribution < -0.4 is 0 Å². The van der Waals surface area contributed by atoms with Crippen molar-refractivity contribution in [2.75, 3.05) is 0 Å². The Balaban J connectivity index is 0.000000292. The lowest BCUT2D eigenvalue weighted by Gasteiger charge is -1.80. The van der Waals surface area contributed by atoms with Gasteiger partial charge < -0.3 is 0 Å². The van der Waals surface area contributed by atoms with Crippen LogP contribution in [0.4, 0.5) is 0 Å². The van der Waals surface area contributed by atoms with Crippen molar-refractivity contribution in [3.8, 4) is 6.07 Å². The Morgan fingerprint density at radius 1 is 1.09 bits per heavy atom. The first kappa shape index (κ1) is 9.09. The fraction of sp³-hybridized carbons (Fsp3) is 0. The molecule has 0 aliphatic rings. The Kier molecular flexibility index (Phi) is 5.13. The second-order valence-corrected chi connectivity index (χ2v) is 1.56. The number of carbonyl (C=O) groups excluding carboxylic acids is 2. The maximum atomic E-state index is 8.29. The topological polar surface area (TPSA) is 57.9 Å². The lowest BCUT2D eigenvalue weighted by molar-refractivity contribution is -0.191. The molecule has 3 nitrogen and oxygen atoms in total. The first-order chi connectivity index (χ1) is 5.35. The molecule has 0 aromatic heterocycles. The monoisotopic (exact) mass is 147 g/mol. The van der Waals surface area contributed by atoms with Crippen LogP contribution in [0.3, 0.4) is 0 Å². The molecule has 54 valence electrons. The van der Waals surface area contributed by atoms with Crippen molar-refractivity contribution in [3.63, 3.8) is 0 Å². The van der Waals surface area contributed by atoms with E-state index in [9.17, 15) is 0 Å². The average molecular weight is 147 g/mol. The van der Waals surface area contributed by atoms with E-state index in [4.69, 9.17) is 14.9 Å². The largest absolute Gasteiger partial charge is 0.373 e. The summed E-state index contributed by atoms with van der Waals surface area (Å²) in [5.41, 5.74) is 0.715. The molecule has 0 amide bonds. The average Bonchev–Trinajstić information content (AvgIpc) is 2.08. The van der Waals surface area contributed by atoms with Gasteiger partial charge in [-0.2, -0.15) is 14.9 Å². The summed E-state index contributed by atoms with van der Waals surface area (Å²) in [5.74, 6) is 0. The van der Waals surface area contributed by atoms with Gasteiger partial charge in [-0.1, -0.05) is 18.2 Å². The minimum absolute atomic E-state index is 0.250. The summed E-state index contributed by atoms with van der Waals surface area (Å²) < 4.78 is 0. The Bertz CT molecular complexity index is 268. The molecule has 0 unspecified atom stereocenters. The van der Waals surface area contributed by atoms with Crippen molar-refractivity contribution in [1.82, 2.24) is 0 Å². The summed E-state index contributed by atoms with van der Waals surface area (Å²) in [6, 6.07) is 11.2. The number of hydrogen-bond donors (Lipinski definition) is 0. The summed E-state index contributed by atoms with van der Waals surface area (Å²) in [5, 5.41) is 8.29. The second-order valence-electron chi connectivity index (χ2n) is 1.56. The van der Waals surface area contributed by atoms with Crippen LogP contribution in [0.1, 0.15) is 5.56 Å². The molecule has 0 atom stereocenters. The fourth-order valence-corrected chi connectivity index (χ4v) is 0.513. The molecule has 1 aromatic carbocycles. The fourth-order valence-electron chi connectivity index (χ4n) is 0.513. The molecule has 0 heterocycles. The van der Waals surface area contributed by atoms with Crippen LogP contribution >= 0.6 is 0 Å². The van der Waals surface area contributed by atoms with Gasteiger partial charge >= 0.3 is 6.15 Å². The van der Waals surface area contributed by atoms with E-state index in [-0.39, 0.29) is 6.15 Å². The van der Waals surface area contributed by atoms with E-state index in [0.717, 1.165) is 0 Å². The third kappa shape index (κ3) is 4.58. The van der Waals surface area contributed by atoms with E-state index in [1.807, 2.05) is 24.3 Å². The zero-order valence-corrected chi connectivity index (χ0v) is 5.65. The molecule has 0 N–H and O–H groups in total. The minimum atomic E-state index is 0.250. The first-order valence-electron chi connectivity index (χ1n) is 2.79. The summed E-state index contributed by atoms with van der Waals surface area (Å²) in [6.45, 7) is 0. The van der Waals surface area contributed by atoms with Gasteiger partial charge in [-0.05, 0) is 12.1 Å². The highest BCUT2D eigenvalue weighted by atomic mass is 16.2. The Morgan fingerprint density at radius 2 is 1.55 bits per heavy atom. The molecule has 0 spiro atoms. The van der Waals surface area contributed by atoms with Gasteiger partial charge in [-0.15, -0.1) is 0 Å². The van der Waals surface area contributed by atoms with Gasteiger partial charge in [0.2, 0.25) is 0 Å².